The Hall–Kier alpha value is -0.570. The van der Waals surface area contributed by atoms with Crippen molar-refractivity contribution < 1.29 is 9.53 Å². The molecule has 0 aliphatic rings. The van der Waals surface area contributed by atoms with Gasteiger partial charge in [0.1, 0.15) is 0 Å². The normalized spacial score (nSPS) is 9.05. The standard InChI is InChI=1S/C10H21NO2.3C2H6/c1-8(2)13-7-6-10(4,5)11-9(3)12;3*1-2/h8H,6-7H2,1-5H3,(H,11,12);3*1-2H3. The first-order valence-corrected chi connectivity index (χ1v) is 7.74. The van der Waals surface area contributed by atoms with Gasteiger partial charge in [0.25, 0.3) is 0 Å². The van der Waals surface area contributed by atoms with Crippen LogP contribution in [0.15, 0.2) is 0 Å². The Bertz CT molecular complexity index is 166. The highest BCUT2D eigenvalue weighted by Gasteiger charge is 2.18. The lowest BCUT2D eigenvalue weighted by Gasteiger charge is -2.25. The Kier molecular flexibility index (Phi) is 28.0. The molecule has 0 aliphatic heterocycles. The molecule has 0 heterocycles. The van der Waals surface area contributed by atoms with Crippen molar-refractivity contribution in [3.8, 4) is 0 Å². The van der Waals surface area contributed by atoms with Crippen molar-refractivity contribution in [1.29, 1.82) is 0 Å². The Balaban J connectivity index is -0.000000163. The van der Waals surface area contributed by atoms with E-state index in [0.717, 1.165) is 6.42 Å². The van der Waals surface area contributed by atoms with Crippen LogP contribution in [0.1, 0.15) is 82.6 Å². The molecular formula is C16H39NO2. The van der Waals surface area contributed by atoms with Gasteiger partial charge >= 0.3 is 0 Å². The van der Waals surface area contributed by atoms with Crippen molar-refractivity contribution >= 4 is 5.91 Å². The van der Waals surface area contributed by atoms with Gasteiger partial charge in [0.2, 0.25) is 5.91 Å². The van der Waals surface area contributed by atoms with Crippen LogP contribution in [0, 0.1) is 0 Å². The quantitative estimate of drug-likeness (QED) is 0.784. The predicted molar refractivity (Wildman–Crippen MR) is 87.6 cm³/mol. The van der Waals surface area contributed by atoms with Gasteiger partial charge in [-0.25, -0.2) is 0 Å². The molecule has 0 saturated carbocycles. The van der Waals surface area contributed by atoms with E-state index < -0.39 is 0 Å². The molecule has 120 valence electrons. The first-order valence-electron chi connectivity index (χ1n) is 7.74. The fraction of sp³-hybridized carbons (Fsp3) is 0.938. The summed E-state index contributed by atoms with van der Waals surface area (Å²) in [6, 6.07) is 0. The molecule has 3 heteroatoms. The first-order chi connectivity index (χ1) is 8.83. The minimum Gasteiger partial charge on any atom is -0.379 e. The number of amides is 1. The smallest absolute Gasteiger partial charge is 0.217 e. The Morgan fingerprint density at radius 2 is 1.42 bits per heavy atom. The number of hydrogen-bond acceptors (Lipinski definition) is 2. The summed E-state index contributed by atoms with van der Waals surface area (Å²) >= 11 is 0. The van der Waals surface area contributed by atoms with Gasteiger partial charge in [0.05, 0.1) is 6.10 Å². The highest BCUT2D eigenvalue weighted by Crippen LogP contribution is 2.08. The summed E-state index contributed by atoms with van der Waals surface area (Å²) in [6.07, 6.45) is 1.10. The van der Waals surface area contributed by atoms with Crippen LogP contribution >= 0.6 is 0 Å². The number of carbonyl (C=O) groups excluding carboxylic acids is 1. The minimum absolute atomic E-state index is 0.00884. The zero-order valence-corrected chi connectivity index (χ0v) is 15.3. The molecule has 0 radical (unpaired) electrons. The lowest BCUT2D eigenvalue weighted by Crippen LogP contribution is -2.43. The van der Waals surface area contributed by atoms with E-state index >= 15 is 0 Å². The van der Waals surface area contributed by atoms with Gasteiger partial charge in [0.15, 0.2) is 0 Å². The van der Waals surface area contributed by atoms with Gasteiger partial charge < -0.3 is 10.1 Å². The number of nitrogens with one attached hydrogen (secondary N) is 1. The van der Waals surface area contributed by atoms with E-state index in [1.165, 1.54) is 6.92 Å². The summed E-state index contributed by atoms with van der Waals surface area (Å²) < 4.78 is 5.41. The number of carbonyl (C=O) groups is 1. The zero-order chi connectivity index (χ0) is 16.5. The number of ether oxygens (including phenoxy) is 1. The maximum absolute atomic E-state index is 10.8. The molecule has 0 aromatic carbocycles. The molecule has 0 aromatic rings. The molecule has 0 unspecified atom stereocenters. The van der Waals surface area contributed by atoms with Gasteiger partial charge in [-0.15, -0.1) is 0 Å². The van der Waals surface area contributed by atoms with Crippen molar-refractivity contribution in [2.24, 2.45) is 0 Å². The summed E-state index contributed by atoms with van der Waals surface area (Å²) in [7, 11) is 0. The second kappa shape index (κ2) is 19.8. The lowest BCUT2D eigenvalue weighted by atomic mass is 10.0. The van der Waals surface area contributed by atoms with Crippen LogP contribution in [0.25, 0.3) is 0 Å². The van der Waals surface area contributed by atoms with E-state index in [9.17, 15) is 4.79 Å². The lowest BCUT2D eigenvalue weighted by molar-refractivity contribution is -0.120. The van der Waals surface area contributed by atoms with Crippen LogP contribution in [-0.2, 0) is 9.53 Å². The van der Waals surface area contributed by atoms with Gasteiger partial charge in [-0.2, -0.15) is 0 Å². The second-order valence-electron chi connectivity index (χ2n) is 4.23. The maximum Gasteiger partial charge on any atom is 0.217 e. The van der Waals surface area contributed by atoms with Crippen LogP contribution in [0.3, 0.4) is 0 Å². The maximum atomic E-state index is 10.8. The average molecular weight is 277 g/mol. The van der Waals surface area contributed by atoms with Gasteiger partial charge in [-0.05, 0) is 34.1 Å². The molecule has 19 heavy (non-hydrogen) atoms. The second-order valence-corrected chi connectivity index (χ2v) is 4.23. The third-order valence-corrected chi connectivity index (χ3v) is 1.69. The number of hydrogen-bond donors (Lipinski definition) is 1. The average Bonchev–Trinajstić information content (AvgIpc) is 2.34. The van der Waals surface area contributed by atoms with Crippen molar-refractivity contribution in [1.82, 2.24) is 5.32 Å². The van der Waals surface area contributed by atoms with E-state index in [1.807, 2.05) is 69.2 Å². The van der Waals surface area contributed by atoms with E-state index in [1.54, 1.807) is 0 Å². The Labute approximate surface area is 122 Å². The molecule has 0 rings (SSSR count). The molecule has 0 aromatic heterocycles. The van der Waals surface area contributed by atoms with Gasteiger partial charge in [-0.3, -0.25) is 4.79 Å². The number of rotatable bonds is 5. The summed E-state index contributed by atoms with van der Waals surface area (Å²) in [5.74, 6) is 0.00884. The molecular weight excluding hydrogens is 238 g/mol. The monoisotopic (exact) mass is 277 g/mol. The molecule has 0 fully saturated rings. The summed E-state index contributed by atoms with van der Waals surface area (Å²) in [4.78, 5) is 10.8. The molecule has 1 amide bonds. The van der Waals surface area contributed by atoms with Gasteiger partial charge in [0, 0.05) is 19.1 Å². The fourth-order valence-corrected chi connectivity index (χ4v) is 1.09. The van der Waals surface area contributed by atoms with Crippen LogP contribution in [0.4, 0.5) is 0 Å². The SMILES string of the molecule is CC.CC.CC.CC(=O)NC(C)(C)CCOC(C)C. The molecule has 0 spiro atoms. The van der Waals surface area contributed by atoms with Crippen molar-refractivity contribution in [2.75, 3.05) is 6.61 Å². The summed E-state index contributed by atoms with van der Waals surface area (Å²) in [5.41, 5.74) is -0.166. The van der Waals surface area contributed by atoms with Crippen LogP contribution in [-0.4, -0.2) is 24.2 Å². The van der Waals surface area contributed by atoms with E-state index in [0.29, 0.717) is 6.61 Å². The fourth-order valence-electron chi connectivity index (χ4n) is 1.09. The molecule has 0 aliphatic carbocycles. The summed E-state index contributed by atoms with van der Waals surface area (Å²) in [6.45, 7) is 22.2. The molecule has 0 atom stereocenters. The minimum atomic E-state index is -0.166. The van der Waals surface area contributed by atoms with Crippen LogP contribution in [0.2, 0.25) is 0 Å². The summed E-state index contributed by atoms with van der Waals surface area (Å²) in [5, 5.41) is 2.87. The molecule has 3 nitrogen and oxygen atoms in total. The van der Waals surface area contributed by atoms with E-state index in [-0.39, 0.29) is 17.6 Å². The predicted octanol–water partition coefficient (Wildman–Crippen LogP) is 4.79. The first kappa shape index (κ1) is 26.9. The highest BCUT2D eigenvalue weighted by atomic mass is 16.5. The molecule has 1 N–H and O–H groups in total. The van der Waals surface area contributed by atoms with Crippen molar-refractivity contribution in [3.05, 3.63) is 0 Å². The van der Waals surface area contributed by atoms with Gasteiger partial charge in [-0.1, -0.05) is 41.5 Å². The van der Waals surface area contributed by atoms with Crippen LogP contribution < -0.4 is 5.32 Å². The topological polar surface area (TPSA) is 38.3 Å². The van der Waals surface area contributed by atoms with E-state index in [4.69, 9.17) is 4.74 Å². The van der Waals surface area contributed by atoms with E-state index in [2.05, 4.69) is 5.32 Å². The Morgan fingerprint density at radius 3 is 1.68 bits per heavy atom. The van der Waals surface area contributed by atoms with Crippen molar-refractivity contribution in [3.63, 3.8) is 0 Å². The zero-order valence-electron chi connectivity index (χ0n) is 15.3. The third-order valence-electron chi connectivity index (χ3n) is 1.69. The molecule has 0 saturated heterocycles. The highest BCUT2D eigenvalue weighted by molar-refractivity contribution is 5.73. The third kappa shape index (κ3) is 31.8. The molecule has 0 bridgehead atoms. The van der Waals surface area contributed by atoms with Crippen molar-refractivity contribution in [2.45, 2.75) is 94.2 Å². The Morgan fingerprint density at radius 1 is 1.05 bits per heavy atom. The van der Waals surface area contributed by atoms with Crippen LogP contribution in [0.5, 0.6) is 0 Å². The largest absolute Gasteiger partial charge is 0.379 e.